The zero-order chi connectivity index (χ0) is 15.0. The maximum Gasteiger partial charge on any atom is 0.324 e. The van der Waals surface area contributed by atoms with Crippen LogP contribution in [-0.4, -0.2) is 28.8 Å². The molecule has 2 fully saturated rings. The Morgan fingerprint density at radius 1 is 1.33 bits per heavy atom. The van der Waals surface area contributed by atoms with E-state index in [0.29, 0.717) is 18.9 Å². The van der Waals surface area contributed by atoms with E-state index in [1.807, 2.05) is 26.0 Å². The summed E-state index contributed by atoms with van der Waals surface area (Å²) >= 11 is 0. The van der Waals surface area contributed by atoms with Crippen LogP contribution in [-0.2, 0) is 4.79 Å². The lowest BCUT2D eigenvalue weighted by Crippen LogP contribution is -2.51. The van der Waals surface area contributed by atoms with Gasteiger partial charge in [-0.2, -0.15) is 0 Å². The lowest BCUT2D eigenvalue weighted by molar-refractivity contribution is -0.145. The van der Waals surface area contributed by atoms with E-state index in [1.165, 1.54) is 0 Å². The molecule has 2 N–H and O–H groups in total. The maximum absolute atomic E-state index is 11.7. The first kappa shape index (κ1) is 14.4. The van der Waals surface area contributed by atoms with Crippen LogP contribution in [0.3, 0.4) is 0 Å². The maximum atomic E-state index is 11.7. The molecular weight excluding hydrogens is 266 g/mol. The van der Waals surface area contributed by atoms with E-state index >= 15 is 0 Å². The number of carbonyl (C=O) groups is 1. The van der Waals surface area contributed by atoms with Crippen LogP contribution >= 0.6 is 0 Å². The van der Waals surface area contributed by atoms with Gasteiger partial charge in [0.15, 0.2) is 0 Å². The van der Waals surface area contributed by atoms with Crippen molar-refractivity contribution in [3.05, 3.63) is 29.3 Å². The molecule has 1 aromatic carbocycles. The largest absolute Gasteiger partial charge is 0.490 e. The number of aliphatic carboxylic acids is 1. The molecule has 0 radical (unpaired) electrons. The van der Waals surface area contributed by atoms with Crippen LogP contribution in [0.4, 0.5) is 0 Å². The highest BCUT2D eigenvalue weighted by atomic mass is 16.5. The first-order chi connectivity index (χ1) is 9.98. The van der Waals surface area contributed by atoms with Gasteiger partial charge >= 0.3 is 5.97 Å². The molecule has 0 heterocycles. The van der Waals surface area contributed by atoms with Crippen LogP contribution < -0.4 is 10.1 Å². The van der Waals surface area contributed by atoms with Crippen molar-refractivity contribution in [2.45, 2.75) is 63.6 Å². The molecular formula is C17H23NO3. The number of ether oxygens (including phenoxy) is 1. The molecule has 0 saturated heterocycles. The van der Waals surface area contributed by atoms with E-state index in [-0.39, 0.29) is 6.10 Å². The van der Waals surface area contributed by atoms with E-state index in [2.05, 4.69) is 11.4 Å². The zero-order valence-electron chi connectivity index (χ0n) is 12.7. The average Bonchev–Trinajstić information content (AvgIpc) is 3.14. The minimum atomic E-state index is -0.788. The smallest absolute Gasteiger partial charge is 0.324 e. The van der Waals surface area contributed by atoms with Gasteiger partial charge in [-0.15, -0.1) is 0 Å². The third-order valence-electron chi connectivity index (χ3n) is 4.57. The highest BCUT2D eigenvalue weighted by molar-refractivity contribution is 5.79. The normalized spacial score (nSPS) is 28.6. The number of rotatable bonds is 5. The molecule has 0 aliphatic heterocycles. The molecule has 0 spiro atoms. The second-order valence-corrected chi connectivity index (χ2v) is 6.56. The van der Waals surface area contributed by atoms with E-state index < -0.39 is 11.5 Å². The fraction of sp³-hybridized carbons (Fsp3) is 0.588. The molecule has 2 saturated carbocycles. The van der Waals surface area contributed by atoms with Gasteiger partial charge in [-0.25, -0.2) is 0 Å². The predicted molar refractivity (Wildman–Crippen MR) is 80.7 cm³/mol. The van der Waals surface area contributed by atoms with Crippen molar-refractivity contribution in [2.24, 2.45) is 0 Å². The molecule has 4 heteroatoms. The Morgan fingerprint density at radius 2 is 2.10 bits per heavy atom. The molecule has 21 heavy (non-hydrogen) atoms. The molecule has 0 amide bonds. The first-order valence-electron chi connectivity index (χ1n) is 7.73. The number of nitrogens with one attached hydrogen (secondary N) is 1. The van der Waals surface area contributed by atoms with Gasteiger partial charge in [0, 0.05) is 12.5 Å². The van der Waals surface area contributed by atoms with Crippen molar-refractivity contribution in [3.8, 4) is 5.75 Å². The van der Waals surface area contributed by atoms with Gasteiger partial charge in [-0.1, -0.05) is 12.1 Å². The summed E-state index contributed by atoms with van der Waals surface area (Å²) in [7, 11) is 0. The fourth-order valence-electron chi connectivity index (χ4n) is 3.12. The van der Waals surface area contributed by atoms with Gasteiger partial charge in [0.1, 0.15) is 17.4 Å². The molecule has 2 aliphatic rings. The van der Waals surface area contributed by atoms with Crippen molar-refractivity contribution in [3.63, 3.8) is 0 Å². The average molecular weight is 289 g/mol. The van der Waals surface area contributed by atoms with Gasteiger partial charge in [0.25, 0.3) is 0 Å². The Kier molecular flexibility index (Phi) is 3.66. The van der Waals surface area contributed by atoms with Crippen molar-refractivity contribution >= 4 is 5.97 Å². The Labute approximate surface area is 125 Å². The summed E-state index contributed by atoms with van der Waals surface area (Å²) in [5.41, 5.74) is 1.47. The number of hydrogen-bond donors (Lipinski definition) is 2. The lowest BCUT2D eigenvalue weighted by atomic mass is 9.97. The first-order valence-corrected chi connectivity index (χ1v) is 7.73. The summed E-state index contributed by atoms with van der Waals surface area (Å²) in [6, 6.07) is 6.53. The Bertz CT molecular complexity index is 553. The summed E-state index contributed by atoms with van der Waals surface area (Å²) in [5, 5.41) is 12.9. The van der Waals surface area contributed by atoms with Crippen molar-refractivity contribution in [1.82, 2.24) is 5.32 Å². The van der Waals surface area contributed by atoms with Crippen LogP contribution in [0.2, 0.25) is 0 Å². The van der Waals surface area contributed by atoms with Gasteiger partial charge in [0.2, 0.25) is 0 Å². The standard InChI is InChI=1S/C17H23NO3/c1-11-3-4-12(2)15(9-11)21-14-7-8-17(10-14,16(19)20)18-13-5-6-13/h3-4,9,13-14,18H,5-8,10H2,1-2H3,(H,19,20). The second-order valence-electron chi connectivity index (χ2n) is 6.56. The number of aryl methyl sites for hydroxylation is 2. The molecule has 0 aromatic heterocycles. The second kappa shape index (κ2) is 5.34. The minimum absolute atomic E-state index is 0.0205. The van der Waals surface area contributed by atoms with E-state index in [4.69, 9.17) is 4.74 Å². The number of carboxylic acid groups (broad SMARTS) is 1. The van der Waals surface area contributed by atoms with E-state index in [1.54, 1.807) is 0 Å². The van der Waals surface area contributed by atoms with Gasteiger partial charge in [-0.05, 0) is 56.7 Å². The molecule has 1 aromatic rings. The lowest BCUT2D eigenvalue weighted by Gasteiger charge is -2.26. The SMILES string of the molecule is Cc1ccc(C)c(OC2CCC(NC3CC3)(C(=O)O)C2)c1. The van der Waals surface area contributed by atoms with Crippen LogP contribution in [0.5, 0.6) is 5.75 Å². The van der Waals surface area contributed by atoms with Crippen LogP contribution in [0.15, 0.2) is 18.2 Å². The fourth-order valence-corrected chi connectivity index (χ4v) is 3.12. The summed E-state index contributed by atoms with van der Waals surface area (Å²) in [6.45, 7) is 4.06. The molecule has 114 valence electrons. The van der Waals surface area contributed by atoms with Gasteiger partial charge in [-0.3, -0.25) is 10.1 Å². The predicted octanol–water partition coefficient (Wildman–Crippen LogP) is 2.81. The van der Waals surface area contributed by atoms with Crippen molar-refractivity contribution < 1.29 is 14.6 Å². The monoisotopic (exact) mass is 289 g/mol. The van der Waals surface area contributed by atoms with Gasteiger partial charge in [0.05, 0.1) is 0 Å². The third kappa shape index (κ3) is 3.05. The molecule has 0 bridgehead atoms. The molecule has 2 aliphatic carbocycles. The molecule has 2 unspecified atom stereocenters. The third-order valence-corrected chi connectivity index (χ3v) is 4.57. The summed E-state index contributed by atoms with van der Waals surface area (Å²) in [6.07, 6.45) is 4.16. The number of carboxylic acids is 1. The minimum Gasteiger partial charge on any atom is -0.490 e. The highest BCUT2D eigenvalue weighted by Gasteiger charge is 2.49. The van der Waals surface area contributed by atoms with Crippen LogP contribution in [0.25, 0.3) is 0 Å². The van der Waals surface area contributed by atoms with Crippen molar-refractivity contribution in [1.29, 1.82) is 0 Å². The molecule has 4 nitrogen and oxygen atoms in total. The summed E-state index contributed by atoms with van der Waals surface area (Å²) < 4.78 is 6.09. The Hall–Kier alpha value is -1.55. The topological polar surface area (TPSA) is 58.6 Å². The van der Waals surface area contributed by atoms with E-state index in [0.717, 1.165) is 36.1 Å². The summed E-state index contributed by atoms with van der Waals surface area (Å²) in [4.78, 5) is 11.7. The molecule has 3 rings (SSSR count). The highest BCUT2D eigenvalue weighted by Crippen LogP contribution is 2.37. The quantitative estimate of drug-likeness (QED) is 0.875. The zero-order valence-corrected chi connectivity index (χ0v) is 12.7. The van der Waals surface area contributed by atoms with Crippen molar-refractivity contribution in [2.75, 3.05) is 0 Å². The Balaban J connectivity index is 1.70. The van der Waals surface area contributed by atoms with E-state index in [9.17, 15) is 9.90 Å². The molecule has 2 atom stereocenters. The van der Waals surface area contributed by atoms with Crippen LogP contribution in [0.1, 0.15) is 43.2 Å². The van der Waals surface area contributed by atoms with Gasteiger partial charge < -0.3 is 9.84 Å². The summed E-state index contributed by atoms with van der Waals surface area (Å²) in [5.74, 6) is 0.147. The number of benzene rings is 1. The Morgan fingerprint density at radius 3 is 2.76 bits per heavy atom. The van der Waals surface area contributed by atoms with Crippen LogP contribution in [0, 0.1) is 13.8 Å². The number of hydrogen-bond acceptors (Lipinski definition) is 3.